The van der Waals surface area contributed by atoms with Crippen molar-refractivity contribution < 1.29 is 19.5 Å². The summed E-state index contributed by atoms with van der Waals surface area (Å²) in [4.78, 5) is 36.2. The number of likely N-dealkylation sites (tertiary alicyclic amines) is 1. The summed E-state index contributed by atoms with van der Waals surface area (Å²) in [5.74, 6) is -1.42. The van der Waals surface area contributed by atoms with Crippen LogP contribution in [-0.4, -0.2) is 60.0 Å². The fraction of sp³-hybridized carbons (Fsp3) is 0.800. The fourth-order valence-corrected chi connectivity index (χ4v) is 2.71. The van der Waals surface area contributed by atoms with Gasteiger partial charge in [-0.1, -0.05) is 13.3 Å². The Morgan fingerprint density at radius 2 is 2.04 bits per heavy atom. The predicted octanol–water partition coefficient (Wildman–Crippen LogP) is 0.626. The van der Waals surface area contributed by atoms with Crippen molar-refractivity contribution in [3.63, 3.8) is 0 Å². The number of nitrogens with one attached hydrogen (secondary N) is 2. The number of halogens is 1. The van der Waals surface area contributed by atoms with Crippen LogP contribution in [0.5, 0.6) is 0 Å². The van der Waals surface area contributed by atoms with Gasteiger partial charge < -0.3 is 15.7 Å². The van der Waals surface area contributed by atoms with Crippen LogP contribution in [0, 0.1) is 5.92 Å². The van der Waals surface area contributed by atoms with Gasteiger partial charge in [0.25, 0.3) is 0 Å². The molecular formula is C15H28ClN3O4. The average molecular weight is 350 g/mol. The molecule has 134 valence electrons. The van der Waals surface area contributed by atoms with Crippen molar-refractivity contribution in [2.75, 3.05) is 26.2 Å². The van der Waals surface area contributed by atoms with Gasteiger partial charge in [-0.15, -0.1) is 12.4 Å². The van der Waals surface area contributed by atoms with Crippen LogP contribution in [0.3, 0.4) is 0 Å². The van der Waals surface area contributed by atoms with Crippen LogP contribution < -0.4 is 10.6 Å². The Kier molecular flexibility index (Phi) is 10.6. The van der Waals surface area contributed by atoms with Crippen molar-refractivity contribution in [1.82, 2.24) is 15.5 Å². The van der Waals surface area contributed by atoms with Gasteiger partial charge in [0.05, 0.1) is 12.5 Å². The number of hydrogen-bond donors (Lipinski definition) is 3. The molecule has 23 heavy (non-hydrogen) atoms. The molecule has 1 aliphatic rings. The molecule has 1 aliphatic heterocycles. The van der Waals surface area contributed by atoms with Crippen molar-refractivity contribution in [1.29, 1.82) is 0 Å². The highest BCUT2D eigenvalue weighted by Crippen LogP contribution is 2.16. The van der Waals surface area contributed by atoms with Gasteiger partial charge in [-0.2, -0.15) is 0 Å². The van der Waals surface area contributed by atoms with E-state index in [2.05, 4.69) is 17.6 Å². The van der Waals surface area contributed by atoms with Gasteiger partial charge in [-0.3, -0.25) is 19.3 Å². The predicted molar refractivity (Wildman–Crippen MR) is 89.6 cm³/mol. The zero-order valence-corrected chi connectivity index (χ0v) is 14.7. The van der Waals surface area contributed by atoms with Gasteiger partial charge >= 0.3 is 5.97 Å². The maximum Gasteiger partial charge on any atom is 0.322 e. The van der Waals surface area contributed by atoms with Gasteiger partial charge in [0.1, 0.15) is 6.54 Å². The van der Waals surface area contributed by atoms with E-state index in [1.54, 1.807) is 0 Å². The van der Waals surface area contributed by atoms with Gasteiger partial charge in [-0.25, -0.2) is 0 Å². The SMILES string of the molecule is CCCC(C)NC(=O)C1CCCN(CC(=O)NCC(=O)O)C1.Cl. The number of piperidine rings is 1. The first kappa shape index (κ1) is 21.7. The number of hydrogen-bond acceptors (Lipinski definition) is 4. The zero-order chi connectivity index (χ0) is 16.5. The second-order valence-corrected chi connectivity index (χ2v) is 5.94. The topological polar surface area (TPSA) is 98.7 Å². The molecule has 0 bridgehead atoms. The van der Waals surface area contributed by atoms with Crippen LogP contribution >= 0.6 is 12.4 Å². The van der Waals surface area contributed by atoms with E-state index in [-0.39, 0.29) is 49.3 Å². The Balaban J connectivity index is 0.00000484. The number of carboxylic acids is 1. The summed E-state index contributed by atoms with van der Waals surface area (Å²) in [6.07, 6.45) is 3.69. The summed E-state index contributed by atoms with van der Waals surface area (Å²) in [7, 11) is 0. The first-order chi connectivity index (χ1) is 10.4. The number of amides is 2. The van der Waals surface area contributed by atoms with Gasteiger partial charge in [0.2, 0.25) is 11.8 Å². The highest BCUT2D eigenvalue weighted by atomic mass is 35.5. The number of nitrogens with zero attached hydrogens (tertiary/aromatic N) is 1. The van der Waals surface area contributed by atoms with E-state index in [0.717, 1.165) is 32.2 Å². The average Bonchev–Trinajstić information content (AvgIpc) is 2.45. The minimum absolute atomic E-state index is 0. The summed E-state index contributed by atoms with van der Waals surface area (Å²) >= 11 is 0. The second-order valence-electron chi connectivity index (χ2n) is 5.94. The molecule has 1 rings (SSSR count). The Morgan fingerprint density at radius 1 is 1.35 bits per heavy atom. The Bertz CT molecular complexity index is 406. The van der Waals surface area contributed by atoms with Crippen molar-refractivity contribution in [2.45, 2.75) is 45.6 Å². The lowest BCUT2D eigenvalue weighted by atomic mass is 9.96. The van der Waals surface area contributed by atoms with Crippen LogP contribution in [0.2, 0.25) is 0 Å². The molecule has 0 aliphatic carbocycles. The highest BCUT2D eigenvalue weighted by Gasteiger charge is 2.27. The maximum atomic E-state index is 12.2. The quantitative estimate of drug-likeness (QED) is 0.597. The summed E-state index contributed by atoms with van der Waals surface area (Å²) in [5, 5.41) is 13.9. The van der Waals surface area contributed by atoms with Gasteiger partial charge in [-0.05, 0) is 32.7 Å². The van der Waals surface area contributed by atoms with Crippen LogP contribution in [0.4, 0.5) is 0 Å². The molecule has 2 atom stereocenters. The molecule has 0 radical (unpaired) electrons. The summed E-state index contributed by atoms with van der Waals surface area (Å²) in [6.45, 7) is 5.16. The molecule has 7 nitrogen and oxygen atoms in total. The van der Waals surface area contributed by atoms with E-state index in [1.165, 1.54) is 0 Å². The molecule has 1 fully saturated rings. The first-order valence-electron chi connectivity index (χ1n) is 7.93. The minimum Gasteiger partial charge on any atom is -0.480 e. The third-order valence-corrected chi connectivity index (χ3v) is 3.79. The smallest absolute Gasteiger partial charge is 0.322 e. The number of aliphatic carboxylic acids is 1. The van der Waals surface area contributed by atoms with Crippen molar-refractivity contribution in [3.05, 3.63) is 0 Å². The normalized spacial score (nSPS) is 19.3. The monoisotopic (exact) mass is 349 g/mol. The Labute approximate surface area is 143 Å². The molecule has 0 aromatic rings. The molecule has 0 saturated carbocycles. The van der Waals surface area contributed by atoms with E-state index in [0.29, 0.717) is 6.54 Å². The maximum absolute atomic E-state index is 12.2. The molecule has 1 heterocycles. The molecule has 0 aromatic heterocycles. The largest absolute Gasteiger partial charge is 0.480 e. The lowest BCUT2D eigenvalue weighted by Crippen LogP contribution is -2.48. The van der Waals surface area contributed by atoms with E-state index in [1.807, 2.05) is 11.8 Å². The molecule has 3 N–H and O–H groups in total. The van der Waals surface area contributed by atoms with Gasteiger partial charge in [0.15, 0.2) is 0 Å². The first-order valence-corrected chi connectivity index (χ1v) is 7.93. The van der Waals surface area contributed by atoms with Gasteiger partial charge in [0, 0.05) is 12.6 Å². The van der Waals surface area contributed by atoms with Crippen LogP contribution in [0.1, 0.15) is 39.5 Å². The Morgan fingerprint density at radius 3 is 2.65 bits per heavy atom. The summed E-state index contributed by atoms with van der Waals surface area (Å²) in [5.41, 5.74) is 0. The summed E-state index contributed by atoms with van der Waals surface area (Å²) in [6, 6.07) is 0.173. The molecule has 0 aromatic carbocycles. The van der Waals surface area contributed by atoms with E-state index < -0.39 is 5.97 Å². The zero-order valence-electron chi connectivity index (χ0n) is 13.8. The van der Waals surface area contributed by atoms with E-state index in [9.17, 15) is 14.4 Å². The molecular weight excluding hydrogens is 322 g/mol. The molecule has 8 heteroatoms. The van der Waals surface area contributed by atoms with E-state index >= 15 is 0 Å². The standard InChI is InChI=1S/C15H27N3O4.ClH/c1-3-5-11(2)17-15(22)12-6-4-7-18(9-12)10-13(19)16-8-14(20)21;/h11-12H,3-10H2,1-2H3,(H,16,19)(H,17,22)(H,20,21);1H. The van der Waals surface area contributed by atoms with Crippen molar-refractivity contribution in [3.8, 4) is 0 Å². The minimum atomic E-state index is -1.06. The molecule has 1 saturated heterocycles. The summed E-state index contributed by atoms with van der Waals surface area (Å²) < 4.78 is 0. The van der Waals surface area contributed by atoms with Crippen LogP contribution in [-0.2, 0) is 14.4 Å². The fourth-order valence-electron chi connectivity index (χ4n) is 2.71. The second kappa shape index (κ2) is 11.2. The third-order valence-electron chi connectivity index (χ3n) is 3.79. The lowest BCUT2D eigenvalue weighted by Gasteiger charge is -2.32. The number of carboxylic acid groups (broad SMARTS) is 1. The third kappa shape index (κ3) is 8.76. The highest BCUT2D eigenvalue weighted by molar-refractivity contribution is 5.85. The number of carbonyl (C=O) groups excluding carboxylic acids is 2. The Hall–Kier alpha value is -1.34. The van der Waals surface area contributed by atoms with Crippen LogP contribution in [0.25, 0.3) is 0 Å². The number of rotatable bonds is 8. The molecule has 0 spiro atoms. The van der Waals surface area contributed by atoms with E-state index in [4.69, 9.17) is 5.11 Å². The van der Waals surface area contributed by atoms with Crippen molar-refractivity contribution >= 4 is 30.2 Å². The van der Waals surface area contributed by atoms with Crippen LogP contribution in [0.15, 0.2) is 0 Å². The molecule has 2 amide bonds. The number of carbonyl (C=O) groups is 3. The molecule has 2 unspecified atom stereocenters. The lowest BCUT2D eigenvalue weighted by molar-refractivity contribution is -0.138. The van der Waals surface area contributed by atoms with Crippen molar-refractivity contribution in [2.24, 2.45) is 5.92 Å².